The Balaban J connectivity index is 0.00000341. The van der Waals surface area contributed by atoms with Crippen molar-refractivity contribution in [2.45, 2.75) is 58.5 Å². The molecule has 1 aliphatic heterocycles. The summed E-state index contributed by atoms with van der Waals surface area (Å²) in [4.78, 5) is 30.7. The van der Waals surface area contributed by atoms with Gasteiger partial charge >= 0.3 is 0 Å². The number of rotatable bonds is 6. The van der Waals surface area contributed by atoms with Crippen molar-refractivity contribution < 1.29 is 9.59 Å². The van der Waals surface area contributed by atoms with Crippen molar-refractivity contribution in [3.8, 4) is 0 Å². The summed E-state index contributed by atoms with van der Waals surface area (Å²) in [7, 11) is 1.76. The maximum Gasteiger partial charge on any atom is 0.226 e. The zero-order chi connectivity index (χ0) is 21.5. The molecule has 1 heterocycles. The van der Waals surface area contributed by atoms with E-state index >= 15 is 0 Å². The molecule has 1 atom stereocenters. The second-order valence-electron chi connectivity index (χ2n) is 8.66. The first-order valence-corrected chi connectivity index (χ1v) is 11.1. The average Bonchev–Trinajstić information content (AvgIpc) is 3.44. The largest absolute Gasteiger partial charge is 0.352 e. The molecule has 2 fully saturated rings. The third-order valence-electron chi connectivity index (χ3n) is 5.97. The van der Waals surface area contributed by atoms with E-state index in [9.17, 15) is 9.59 Å². The molecule has 0 bridgehead atoms. The van der Waals surface area contributed by atoms with E-state index in [1.165, 1.54) is 12.8 Å². The highest BCUT2D eigenvalue weighted by Gasteiger charge is 2.32. The number of guanidine groups is 1. The third kappa shape index (κ3) is 7.36. The number of carbonyl (C=O) groups is 2. The van der Waals surface area contributed by atoms with Crippen molar-refractivity contribution in [1.29, 1.82) is 0 Å². The van der Waals surface area contributed by atoms with Crippen LogP contribution >= 0.6 is 24.0 Å². The lowest BCUT2D eigenvalue weighted by Gasteiger charge is -2.21. The van der Waals surface area contributed by atoms with Crippen LogP contribution in [0.25, 0.3) is 0 Å². The molecule has 0 aromatic heterocycles. The Morgan fingerprint density at radius 2 is 1.81 bits per heavy atom. The minimum Gasteiger partial charge on any atom is -0.352 e. The van der Waals surface area contributed by atoms with Crippen molar-refractivity contribution in [3.63, 3.8) is 0 Å². The van der Waals surface area contributed by atoms with E-state index in [-0.39, 0.29) is 47.8 Å². The van der Waals surface area contributed by atoms with Gasteiger partial charge in [0.2, 0.25) is 11.8 Å². The van der Waals surface area contributed by atoms with Crippen molar-refractivity contribution in [2.24, 2.45) is 16.8 Å². The molecule has 2 amide bonds. The third-order valence-corrected chi connectivity index (χ3v) is 5.97. The lowest BCUT2D eigenvalue weighted by molar-refractivity contribution is -0.134. The monoisotopic (exact) mass is 541 g/mol. The Kier molecular flexibility index (Phi) is 10.1. The first-order chi connectivity index (χ1) is 14.5. The number of nitrogens with zero attached hydrogens (tertiary/aromatic N) is 2. The quantitative estimate of drug-likeness (QED) is 0.293. The fourth-order valence-corrected chi connectivity index (χ4v) is 4.08. The van der Waals surface area contributed by atoms with Gasteiger partial charge in [0.25, 0.3) is 0 Å². The van der Waals surface area contributed by atoms with Crippen molar-refractivity contribution >= 4 is 47.4 Å². The van der Waals surface area contributed by atoms with Gasteiger partial charge < -0.3 is 20.9 Å². The predicted molar refractivity (Wildman–Crippen MR) is 136 cm³/mol. The van der Waals surface area contributed by atoms with Gasteiger partial charge in [-0.3, -0.25) is 14.6 Å². The van der Waals surface area contributed by atoms with Gasteiger partial charge in [-0.15, -0.1) is 24.0 Å². The molecule has 1 aromatic rings. The molecule has 2 aliphatic rings. The van der Waals surface area contributed by atoms with Crippen molar-refractivity contribution in [2.75, 3.05) is 25.5 Å². The van der Waals surface area contributed by atoms with E-state index in [2.05, 4.69) is 20.9 Å². The van der Waals surface area contributed by atoms with Crippen LogP contribution in [0.1, 0.15) is 51.5 Å². The second-order valence-corrected chi connectivity index (χ2v) is 8.66. The van der Waals surface area contributed by atoms with Gasteiger partial charge in [-0.1, -0.05) is 38.8 Å². The van der Waals surface area contributed by atoms with Crippen LogP contribution in [-0.4, -0.2) is 48.9 Å². The minimum absolute atomic E-state index is 0. The van der Waals surface area contributed by atoms with Crippen molar-refractivity contribution in [1.82, 2.24) is 15.5 Å². The zero-order valence-corrected chi connectivity index (χ0v) is 21.1. The molecule has 0 spiro atoms. The SMILES string of the molecule is CN=C(NCc1ccc(NC(=O)C(C)C)cc1)NC1CCN(C(=O)C2CCCC2)C1.I. The molecule has 31 heavy (non-hydrogen) atoms. The summed E-state index contributed by atoms with van der Waals surface area (Å²) in [6, 6.07) is 8.05. The standard InChI is InChI=1S/C23H35N5O2.HI/c1-16(2)21(29)26-19-10-8-17(9-11-19)14-25-23(24-3)27-20-12-13-28(15-20)22(30)18-6-4-5-7-18;/h8-11,16,18,20H,4-7,12-15H2,1-3H3,(H,26,29)(H2,24,25,27);1H. The Morgan fingerprint density at radius 3 is 2.42 bits per heavy atom. The number of benzene rings is 1. The summed E-state index contributed by atoms with van der Waals surface area (Å²) >= 11 is 0. The fourth-order valence-electron chi connectivity index (χ4n) is 4.08. The lowest BCUT2D eigenvalue weighted by atomic mass is 10.1. The summed E-state index contributed by atoms with van der Waals surface area (Å²) in [5.41, 5.74) is 1.91. The molecule has 8 heteroatoms. The maximum absolute atomic E-state index is 12.6. The number of hydrogen-bond donors (Lipinski definition) is 3. The van der Waals surface area contributed by atoms with Gasteiger partial charge in [0.15, 0.2) is 5.96 Å². The Labute approximate surface area is 202 Å². The van der Waals surface area contributed by atoms with Gasteiger partial charge in [0.05, 0.1) is 0 Å². The summed E-state index contributed by atoms with van der Waals surface area (Å²) in [6.07, 6.45) is 5.43. The molecular formula is C23H36IN5O2. The number of likely N-dealkylation sites (tertiary alicyclic amines) is 1. The molecule has 1 saturated carbocycles. The molecule has 1 unspecified atom stereocenters. The van der Waals surface area contributed by atoms with Gasteiger partial charge in [-0.25, -0.2) is 0 Å². The van der Waals surface area contributed by atoms with Crippen LogP contribution in [0.2, 0.25) is 0 Å². The van der Waals surface area contributed by atoms with Crippen LogP contribution < -0.4 is 16.0 Å². The molecule has 1 saturated heterocycles. The molecule has 0 radical (unpaired) electrons. The zero-order valence-electron chi connectivity index (χ0n) is 18.8. The molecular weight excluding hydrogens is 505 g/mol. The molecule has 1 aromatic carbocycles. The number of carbonyl (C=O) groups excluding carboxylic acids is 2. The van der Waals surface area contributed by atoms with Crippen LogP contribution in [0.15, 0.2) is 29.3 Å². The summed E-state index contributed by atoms with van der Waals surface area (Å²) in [5, 5.41) is 9.69. The van der Waals surface area contributed by atoms with Crippen LogP contribution in [0.3, 0.4) is 0 Å². The van der Waals surface area contributed by atoms with Gasteiger partial charge in [0.1, 0.15) is 0 Å². The first-order valence-electron chi connectivity index (χ1n) is 11.1. The minimum atomic E-state index is -0.0410. The van der Waals surface area contributed by atoms with Gasteiger partial charge in [-0.2, -0.15) is 0 Å². The highest BCUT2D eigenvalue weighted by atomic mass is 127. The van der Waals surface area contributed by atoms with Crippen LogP contribution in [-0.2, 0) is 16.1 Å². The molecule has 172 valence electrons. The average molecular weight is 541 g/mol. The molecule has 3 rings (SSSR count). The summed E-state index contributed by atoms with van der Waals surface area (Å²) in [5.74, 6) is 1.30. The van der Waals surface area contributed by atoms with E-state index in [1.807, 2.05) is 43.0 Å². The Morgan fingerprint density at radius 1 is 1.13 bits per heavy atom. The van der Waals surface area contributed by atoms with Crippen molar-refractivity contribution in [3.05, 3.63) is 29.8 Å². The first kappa shape index (κ1) is 25.4. The maximum atomic E-state index is 12.6. The topological polar surface area (TPSA) is 85.8 Å². The fraction of sp³-hybridized carbons (Fsp3) is 0.609. The number of nitrogens with one attached hydrogen (secondary N) is 3. The van der Waals surface area contributed by atoms with Crippen LogP contribution in [0, 0.1) is 11.8 Å². The molecule has 1 aliphatic carbocycles. The number of hydrogen-bond acceptors (Lipinski definition) is 3. The van der Waals surface area contributed by atoms with Gasteiger partial charge in [0, 0.05) is 50.2 Å². The Hall–Kier alpha value is -1.84. The lowest BCUT2D eigenvalue weighted by Crippen LogP contribution is -2.45. The van der Waals surface area contributed by atoms with E-state index in [4.69, 9.17) is 0 Å². The summed E-state index contributed by atoms with van der Waals surface area (Å²) < 4.78 is 0. The van der Waals surface area contributed by atoms with Gasteiger partial charge in [-0.05, 0) is 37.0 Å². The highest BCUT2D eigenvalue weighted by molar-refractivity contribution is 14.0. The van der Waals surface area contributed by atoms with E-state index in [0.717, 1.165) is 49.6 Å². The number of anilines is 1. The second kappa shape index (κ2) is 12.3. The number of amides is 2. The molecule has 3 N–H and O–H groups in total. The Bertz CT molecular complexity index is 760. The van der Waals surface area contributed by atoms with E-state index < -0.39 is 0 Å². The van der Waals surface area contributed by atoms with E-state index in [1.54, 1.807) is 7.05 Å². The summed E-state index contributed by atoms with van der Waals surface area (Å²) in [6.45, 7) is 5.96. The number of halogens is 1. The molecule has 7 nitrogen and oxygen atoms in total. The van der Waals surface area contributed by atoms with Crippen LogP contribution in [0.5, 0.6) is 0 Å². The number of aliphatic imine (C=N–C) groups is 1. The smallest absolute Gasteiger partial charge is 0.226 e. The van der Waals surface area contributed by atoms with Crippen LogP contribution in [0.4, 0.5) is 5.69 Å². The normalized spacial score (nSPS) is 19.3. The highest BCUT2D eigenvalue weighted by Crippen LogP contribution is 2.27. The predicted octanol–water partition coefficient (Wildman–Crippen LogP) is 3.36. The van der Waals surface area contributed by atoms with E-state index in [0.29, 0.717) is 12.5 Å².